The molecular weight excluding hydrogens is 262 g/mol. The first-order chi connectivity index (χ1) is 10.0. The molecule has 2 aliphatic rings. The Kier molecular flexibility index (Phi) is 5.88. The van der Waals surface area contributed by atoms with Gasteiger partial charge in [0, 0.05) is 44.8 Å². The van der Waals surface area contributed by atoms with Crippen molar-refractivity contribution in [2.24, 2.45) is 10.9 Å². The molecule has 0 spiro atoms. The van der Waals surface area contributed by atoms with Crippen LogP contribution in [-0.2, 0) is 0 Å². The molecule has 2 N–H and O–H groups in total. The molecule has 2 aliphatic heterocycles. The molecule has 5 heteroatoms. The van der Waals surface area contributed by atoms with E-state index in [1.54, 1.807) is 0 Å². The molecule has 0 radical (unpaired) electrons. The van der Waals surface area contributed by atoms with Crippen LogP contribution in [0.5, 0.6) is 0 Å². The standard InChI is InChI=1S/C16H33N5/c1-12(2)21-10-13(3)15(11-21)19-16(17-4)18-9-14-7-6-8-20(14)5/h12-15H,6-11H2,1-5H3,(H2,17,18,19). The van der Waals surface area contributed by atoms with Gasteiger partial charge in [-0.25, -0.2) is 0 Å². The van der Waals surface area contributed by atoms with Gasteiger partial charge in [0.2, 0.25) is 0 Å². The predicted molar refractivity (Wildman–Crippen MR) is 89.8 cm³/mol. The zero-order valence-corrected chi connectivity index (χ0v) is 14.4. The van der Waals surface area contributed by atoms with Crippen LogP contribution >= 0.6 is 0 Å². The second-order valence-corrected chi connectivity index (χ2v) is 7.01. The quantitative estimate of drug-likeness (QED) is 0.599. The summed E-state index contributed by atoms with van der Waals surface area (Å²) >= 11 is 0. The lowest BCUT2D eigenvalue weighted by atomic mass is 10.1. The molecule has 3 atom stereocenters. The van der Waals surface area contributed by atoms with E-state index in [-0.39, 0.29) is 0 Å². The highest BCUT2D eigenvalue weighted by Crippen LogP contribution is 2.18. The number of hydrogen-bond acceptors (Lipinski definition) is 3. The molecule has 0 amide bonds. The summed E-state index contributed by atoms with van der Waals surface area (Å²) in [7, 11) is 4.09. The number of aliphatic imine (C=N–C) groups is 1. The smallest absolute Gasteiger partial charge is 0.191 e. The van der Waals surface area contributed by atoms with Crippen LogP contribution in [0.3, 0.4) is 0 Å². The largest absolute Gasteiger partial charge is 0.355 e. The van der Waals surface area contributed by atoms with Crippen molar-refractivity contribution >= 4 is 5.96 Å². The van der Waals surface area contributed by atoms with Crippen LogP contribution in [0.2, 0.25) is 0 Å². The monoisotopic (exact) mass is 295 g/mol. The van der Waals surface area contributed by atoms with Gasteiger partial charge in [0.15, 0.2) is 5.96 Å². The third-order valence-corrected chi connectivity index (χ3v) is 5.09. The Hall–Kier alpha value is -0.810. The molecule has 0 aliphatic carbocycles. The van der Waals surface area contributed by atoms with Gasteiger partial charge in [-0.05, 0) is 46.2 Å². The molecule has 2 saturated heterocycles. The summed E-state index contributed by atoms with van der Waals surface area (Å²) in [6.45, 7) is 11.4. The number of rotatable bonds is 4. The lowest BCUT2D eigenvalue weighted by Gasteiger charge is -2.24. The van der Waals surface area contributed by atoms with E-state index in [0.29, 0.717) is 24.0 Å². The van der Waals surface area contributed by atoms with Crippen LogP contribution in [0.1, 0.15) is 33.6 Å². The van der Waals surface area contributed by atoms with E-state index in [9.17, 15) is 0 Å². The highest BCUT2D eigenvalue weighted by Gasteiger charge is 2.31. The van der Waals surface area contributed by atoms with Crippen molar-refractivity contribution in [2.75, 3.05) is 40.3 Å². The first kappa shape index (κ1) is 16.6. The molecule has 122 valence electrons. The van der Waals surface area contributed by atoms with Crippen molar-refractivity contribution in [3.63, 3.8) is 0 Å². The van der Waals surface area contributed by atoms with Crippen molar-refractivity contribution in [2.45, 2.75) is 51.7 Å². The Bertz CT molecular complexity index is 355. The lowest BCUT2D eigenvalue weighted by molar-refractivity contribution is 0.265. The van der Waals surface area contributed by atoms with E-state index >= 15 is 0 Å². The fraction of sp³-hybridized carbons (Fsp3) is 0.938. The fourth-order valence-electron chi connectivity index (χ4n) is 3.44. The summed E-state index contributed by atoms with van der Waals surface area (Å²) in [5.74, 6) is 1.62. The minimum Gasteiger partial charge on any atom is -0.355 e. The number of likely N-dealkylation sites (N-methyl/N-ethyl adjacent to an activating group) is 1. The lowest BCUT2D eigenvalue weighted by Crippen LogP contribution is -2.49. The number of hydrogen-bond donors (Lipinski definition) is 2. The van der Waals surface area contributed by atoms with Gasteiger partial charge in [0.05, 0.1) is 0 Å². The van der Waals surface area contributed by atoms with Crippen LogP contribution in [0.4, 0.5) is 0 Å². The molecule has 2 rings (SSSR count). The Morgan fingerprint density at radius 2 is 2.10 bits per heavy atom. The maximum Gasteiger partial charge on any atom is 0.191 e. The van der Waals surface area contributed by atoms with Crippen molar-refractivity contribution < 1.29 is 0 Å². The van der Waals surface area contributed by atoms with Gasteiger partial charge in [-0.2, -0.15) is 0 Å². The molecule has 0 aromatic carbocycles. The molecular formula is C16H33N5. The van der Waals surface area contributed by atoms with E-state index in [0.717, 1.165) is 19.0 Å². The maximum atomic E-state index is 4.40. The highest BCUT2D eigenvalue weighted by atomic mass is 15.3. The summed E-state index contributed by atoms with van der Waals surface area (Å²) in [6.07, 6.45) is 2.61. The number of guanidine groups is 1. The second kappa shape index (κ2) is 7.45. The third kappa shape index (κ3) is 4.33. The van der Waals surface area contributed by atoms with E-state index in [4.69, 9.17) is 0 Å². The minimum absolute atomic E-state index is 0.500. The Morgan fingerprint density at radius 1 is 1.33 bits per heavy atom. The van der Waals surface area contributed by atoms with Crippen LogP contribution in [-0.4, -0.2) is 74.2 Å². The Labute approximate surface area is 130 Å². The number of nitrogens with one attached hydrogen (secondary N) is 2. The zero-order valence-electron chi connectivity index (χ0n) is 14.4. The molecule has 2 heterocycles. The van der Waals surface area contributed by atoms with Gasteiger partial charge in [-0.15, -0.1) is 0 Å². The molecule has 0 aromatic rings. The van der Waals surface area contributed by atoms with Crippen molar-refractivity contribution in [3.8, 4) is 0 Å². The molecule has 3 unspecified atom stereocenters. The average molecular weight is 295 g/mol. The van der Waals surface area contributed by atoms with Crippen molar-refractivity contribution in [3.05, 3.63) is 0 Å². The average Bonchev–Trinajstić information content (AvgIpc) is 3.01. The van der Waals surface area contributed by atoms with Gasteiger partial charge in [0.1, 0.15) is 0 Å². The highest BCUT2D eigenvalue weighted by molar-refractivity contribution is 5.80. The Morgan fingerprint density at radius 3 is 2.62 bits per heavy atom. The third-order valence-electron chi connectivity index (χ3n) is 5.09. The summed E-state index contributed by atoms with van der Waals surface area (Å²) in [5, 5.41) is 7.13. The normalized spacial score (nSPS) is 32.1. The first-order valence-electron chi connectivity index (χ1n) is 8.42. The molecule has 5 nitrogen and oxygen atoms in total. The van der Waals surface area contributed by atoms with E-state index in [1.807, 2.05) is 7.05 Å². The predicted octanol–water partition coefficient (Wildman–Crippen LogP) is 0.974. The second-order valence-electron chi connectivity index (χ2n) is 7.01. The molecule has 0 saturated carbocycles. The van der Waals surface area contributed by atoms with Gasteiger partial charge < -0.3 is 15.5 Å². The first-order valence-corrected chi connectivity index (χ1v) is 8.42. The summed E-state index contributed by atoms with van der Waals surface area (Å²) in [6, 6.07) is 1.78. The van der Waals surface area contributed by atoms with E-state index in [1.165, 1.54) is 25.9 Å². The zero-order chi connectivity index (χ0) is 15.4. The minimum atomic E-state index is 0.500. The summed E-state index contributed by atoms with van der Waals surface area (Å²) in [5.41, 5.74) is 0. The molecule has 0 aromatic heterocycles. The van der Waals surface area contributed by atoms with Crippen LogP contribution in [0.25, 0.3) is 0 Å². The topological polar surface area (TPSA) is 42.9 Å². The molecule has 2 fully saturated rings. The van der Waals surface area contributed by atoms with E-state index in [2.05, 4.69) is 53.2 Å². The van der Waals surface area contributed by atoms with Gasteiger partial charge in [-0.3, -0.25) is 9.89 Å². The van der Waals surface area contributed by atoms with Crippen molar-refractivity contribution in [1.29, 1.82) is 0 Å². The van der Waals surface area contributed by atoms with Crippen LogP contribution < -0.4 is 10.6 Å². The van der Waals surface area contributed by atoms with Crippen molar-refractivity contribution in [1.82, 2.24) is 20.4 Å². The van der Waals surface area contributed by atoms with Crippen LogP contribution in [0.15, 0.2) is 4.99 Å². The van der Waals surface area contributed by atoms with Gasteiger partial charge >= 0.3 is 0 Å². The van der Waals surface area contributed by atoms with Gasteiger partial charge in [-0.1, -0.05) is 6.92 Å². The maximum absolute atomic E-state index is 4.40. The van der Waals surface area contributed by atoms with Crippen LogP contribution in [0, 0.1) is 5.92 Å². The van der Waals surface area contributed by atoms with Gasteiger partial charge in [0.25, 0.3) is 0 Å². The number of nitrogens with zero attached hydrogens (tertiary/aromatic N) is 3. The molecule has 21 heavy (non-hydrogen) atoms. The SMILES string of the molecule is CN=C(NCC1CCCN1C)NC1CN(C(C)C)CC1C. The summed E-state index contributed by atoms with van der Waals surface area (Å²) in [4.78, 5) is 9.38. The summed E-state index contributed by atoms with van der Waals surface area (Å²) < 4.78 is 0. The fourth-order valence-corrected chi connectivity index (χ4v) is 3.44. The molecule has 0 bridgehead atoms. The van der Waals surface area contributed by atoms with E-state index < -0.39 is 0 Å². The Balaban J connectivity index is 1.80. The number of likely N-dealkylation sites (tertiary alicyclic amines) is 2.